The molecule has 0 unspecified atom stereocenters. The van der Waals surface area contributed by atoms with Gasteiger partial charge in [0, 0.05) is 26.4 Å². The van der Waals surface area contributed by atoms with E-state index in [0.29, 0.717) is 18.6 Å². The molecular weight excluding hydrogens is 260 g/mol. The molecule has 7 heteroatoms. The number of hydrogen-bond acceptors (Lipinski definition) is 4. The van der Waals surface area contributed by atoms with Gasteiger partial charge in [-0.3, -0.25) is 14.3 Å². The van der Waals surface area contributed by atoms with Gasteiger partial charge >= 0.3 is 0 Å². The Morgan fingerprint density at radius 1 is 1.45 bits per heavy atom. The second kappa shape index (κ2) is 9.08. The highest BCUT2D eigenvalue weighted by atomic mass is 16.3. The summed E-state index contributed by atoms with van der Waals surface area (Å²) in [7, 11) is 1.77. The topological polar surface area (TPSA) is 87.5 Å². The van der Waals surface area contributed by atoms with Gasteiger partial charge in [0.05, 0.1) is 11.9 Å². The summed E-state index contributed by atoms with van der Waals surface area (Å²) in [6, 6.07) is 0. The molecule has 0 saturated heterocycles. The number of carbonyl (C=O) groups excluding carboxylic acids is 2. The van der Waals surface area contributed by atoms with Gasteiger partial charge in [-0.2, -0.15) is 5.10 Å². The lowest BCUT2D eigenvalue weighted by atomic mass is 10.2. The Balaban J connectivity index is 2.27. The highest BCUT2D eigenvalue weighted by molar-refractivity contribution is 5.76. The predicted octanol–water partition coefficient (Wildman–Crippen LogP) is 0.462. The Kier molecular flexibility index (Phi) is 7.34. The highest BCUT2D eigenvalue weighted by Gasteiger charge is 2.10. The van der Waals surface area contributed by atoms with Crippen molar-refractivity contribution in [3.8, 4) is 0 Å². The Morgan fingerprint density at radius 2 is 2.20 bits per heavy atom. The van der Waals surface area contributed by atoms with Crippen molar-refractivity contribution >= 4 is 18.0 Å². The molecule has 0 fully saturated rings. The number of anilines is 1. The standard InChI is InChI=1S/C13H22N4O3/c1-16(6-4-2-3-5-7-18)13(20)10-17-9-12(8-15-17)14-11-19/h8-9,11,18H,2-7,10H2,1H3,(H,14,19). The molecule has 0 bridgehead atoms. The van der Waals surface area contributed by atoms with Crippen LogP contribution in [0.3, 0.4) is 0 Å². The summed E-state index contributed by atoms with van der Waals surface area (Å²) < 4.78 is 1.50. The van der Waals surface area contributed by atoms with Crippen LogP contribution in [-0.4, -0.2) is 52.3 Å². The molecule has 0 radical (unpaired) electrons. The minimum absolute atomic E-state index is 0.0205. The number of amides is 2. The average Bonchev–Trinajstić information content (AvgIpc) is 2.86. The number of aliphatic hydroxyl groups excluding tert-OH is 1. The first-order valence-corrected chi connectivity index (χ1v) is 6.75. The molecular formula is C13H22N4O3. The number of nitrogens with one attached hydrogen (secondary N) is 1. The van der Waals surface area contributed by atoms with Gasteiger partial charge in [0.25, 0.3) is 0 Å². The van der Waals surface area contributed by atoms with E-state index in [-0.39, 0.29) is 19.1 Å². The van der Waals surface area contributed by atoms with Crippen LogP contribution < -0.4 is 5.32 Å². The van der Waals surface area contributed by atoms with Crippen LogP contribution in [-0.2, 0) is 16.1 Å². The normalized spacial score (nSPS) is 10.3. The zero-order valence-corrected chi connectivity index (χ0v) is 11.8. The molecule has 2 amide bonds. The molecule has 0 aliphatic heterocycles. The SMILES string of the molecule is CN(CCCCCCO)C(=O)Cn1cc(NC=O)cn1. The predicted molar refractivity (Wildman–Crippen MR) is 75.1 cm³/mol. The Labute approximate surface area is 118 Å². The Bertz CT molecular complexity index is 420. The molecule has 1 heterocycles. The molecule has 0 atom stereocenters. The van der Waals surface area contributed by atoms with Crippen LogP contribution in [0.25, 0.3) is 0 Å². The first-order valence-electron chi connectivity index (χ1n) is 6.75. The van der Waals surface area contributed by atoms with E-state index in [4.69, 9.17) is 5.11 Å². The number of aliphatic hydroxyl groups is 1. The smallest absolute Gasteiger partial charge is 0.244 e. The maximum atomic E-state index is 11.9. The largest absolute Gasteiger partial charge is 0.396 e. The fourth-order valence-corrected chi connectivity index (χ4v) is 1.79. The molecule has 1 aromatic rings. The van der Waals surface area contributed by atoms with E-state index in [0.717, 1.165) is 25.7 Å². The van der Waals surface area contributed by atoms with Gasteiger partial charge in [0.1, 0.15) is 6.54 Å². The highest BCUT2D eigenvalue weighted by Crippen LogP contribution is 2.04. The van der Waals surface area contributed by atoms with Crippen LogP contribution in [0.1, 0.15) is 25.7 Å². The van der Waals surface area contributed by atoms with Gasteiger partial charge in [0.15, 0.2) is 0 Å². The van der Waals surface area contributed by atoms with E-state index in [9.17, 15) is 9.59 Å². The average molecular weight is 282 g/mol. The third-order valence-electron chi connectivity index (χ3n) is 2.98. The summed E-state index contributed by atoms with van der Waals surface area (Å²) in [5, 5.41) is 15.1. The van der Waals surface area contributed by atoms with Gasteiger partial charge < -0.3 is 15.3 Å². The molecule has 2 N–H and O–H groups in total. The second-order valence-electron chi connectivity index (χ2n) is 4.64. The lowest BCUT2D eigenvalue weighted by Gasteiger charge is -2.16. The van der Waals surface area contributed by atoms with E-state index in [1.165, 1.54) is 10.9 Å². The number of unbranched alkanes of at least 4 members (excludes halogenated alkanes) is 3. The summed E-state index contributed by atoms with van der Waals surface area (Å²) in [4.78, 5) is 23.9. The molecule has 7 nitrogen and oxygen atoms in total. The van der Waals surface area contributed by atoms with Crippen LogP contribution in [0.5, 0.6) is 0 Å². The molecule has 0 aliphatic rings. The van der Waals surface area contributed by atoms with Crippen molar-refractivity contribution in [2.24, 2.45) is 0 Å². The molecule has 20 heavy (non-hydrogen) atoms. The fourth-order valence-electron chi connectivity index (χ4n) is 1.79. The quantitative estimate of drug-likeness (QED) is 0.482. The maximum absolute atomic E-state index is 11.9. The molecule has 1 rings (SSSR count). The molecule has 0 saturated carbocycles. The van der Waals surface area contributed by atoms with Gasteiger partial charge in [0.2, 0.25) is 12.3 Å². The third-order valence-corrected chi connectivity index (χ3v) is 2.98. The fraction of sp³-hybridized carbons (Fsp3) is 0.615. The molecule has 0 aliphatic carbocycles. The summed E-state index contributed by atoms with van der Waals surface area (Å²) in [6.45, 7) is 1.09. The van der Waals surface area contributed by atoms with Gasteiger partial charge in [-0.15, -0.1) is 0 Å². The van der Waals surface area contributed by atoms with E-state index in [1.54, 1.807) is 18.1 Å². The number of hydrogen-bond donors (Lipinski definition) is 2. The number of aromatic nitrogens is 2. The van der Waals surface area contributed by atoms with Gasteiger partial charge in [-0.05, 0) is 12.8 Å². The van der Waals surface area contributed by atoms with E-state index in [2.05, 4.69) is 10.4 Å². The third kappa shape index (κ3) is 5.83. The summed E-state index contributed by atoms with van der Waals surface area (Å²) in [5.74, 6) is -0.0205. The number of likely N-dealkylation sites (N-methyl/N-ethyl adjacent to an activating group) is 1. The lowest BCUT2D eigenvalue weighted by molar-refractivity contribution is -0.130. The van der Waals surface area contributed by atoms with Crippen LogP contribution in [0.2, 0.25) is 0 Å². The Hall–Kier alpha value is -1.89. The number of carbonyl (C=O) groups is 2. The molecule has 1 aromatic heterocycles. The second-order valence-corrected chi connectivity index (χ2v) is 4.64. The van der Waals surface area contributed by atoms with Crippen LogP contribution >= 0.6 is 0 Å². The van der Waals surface area contributed by atoms with Crippen molar-refractivity contribution in [1.82, 2.24) is 14.7 Å². The van der Waals surface area contributed by atoms with Crippen molar-refractivity contribution in [3.05, 3.63) is 12.4 Å². The van der Waals surface area contributed by atoms with Crippen LogP contribution in [0.4, 0.5) is 5.69 Å². The first kappa shape index (κ1) is 16.2. The minimum Gasteiger partial charge on any atom is -0.396 e. The molecule has 112 valence electrons. The molecule has 0 aromatic carbocycles. The summed E-state index contributed by atoms with van der Waals surface area (Å²) in [5.41, 5.74) is 0.569. The van der Waals surface area contributed by atoms with Crippen molar-refractivity contribution in [1.29, 1.82) is 0 Å². The van der Waals surface area contributed by atoms with Crippen molar-refractivity contribution in [3.63, 3.8) is 0 Å². The summed E-state index contributed by atoms with van der Waals surface area (Å²) >= 11 is 0. The van der Waals surface area contributed by atoms with Gasteiger partial charge in [-0.25, -0.2) is 0 Å². The van der Waals surface area contributed by atoms with Crippen molar-refractivity contribution < 1.29 is 14.7 Å². The maximum Gasteiger partial charge on any atom is 0.244 e. The lowest BCUT2D eigenvalue weighted by Crippen LogP contribution is -2.31. The summed E-state index contributed by atoms with van der Waals surface area (Å²) in [6.07, 6.45) is 7.42. The van der Waals surface area contributed by atoms with Crippen molar-refractivity contribution in [2.45, 2.75) is 32.2 Å². The zero-order chi connectivity index (χ0) is 14.8. The Morgan fingerprint density at radius 3 is 2.90 bits per heavy atom. The number of nitrogens with zero attached hydrogens (tertiary/aromatic N) is 3. The van der Waals surface area contributed by atoms with Crippen molar-refractivity contribution in [2.75, 3.05) is 25.5 Å². The first-order chi connectivity index (χ1) is 9.67. The minimum atomic E-state index is -0.0205. The van der Waals surface area contributed by atoms with E-state index < -0.39 is 0 Å². The van der Waals surface area contributed by atoms with Crippen LogP contribution in [0.15, 0.2) is 12.4 Å². The van der Waals surface area contributed by atoms with E-state index in [1.807, 2.05) is 0 Å². The van der Waals surface area contributed by atoms with E-state index >= 15 is 0 Å². The number of rotatable bonds is 10. The molecule has 0 spiro atoms. The zero-order valence-electron chi connectivity index (χ0n) is 11.8. The van der Waals surface area contributed by atoms with Crippen LogP contribution in [0, 0.1) is 0 Å². The monoisotopic (exact) mass is 282 g/mol. The van der Waals surface area contributed by atoms with Gasteiger partial charge in [-0.1, -0.05) is 12.8 Å².